The maximum Gasteiger partial charge on any atom is 0.293 e. The zero-order chi connectivity index (χ0) is 14.2. The highest BCUT2D eigenvalue weighted by atomic mass is 16.6. The summed E-state index contributed by atoms with van der Waals surface area (Å²) in [6, 6.07) is 3.86. The average Bonchev–Trinajstić information content (AvgIpc) is 2.68. The van der Waals surface area contributed by atoms with Gasteiger partial charge < -0.3 is 20.8 Å². The summed E-state index contributed by atoms with van der Waals surface area (Å²) in [7, 11) is 0. The van der Waals surface area contributed by atoms with Gasteiger partial charge in [0.2, 0.25) is 5.91 Å². The lowest BCUT2D eigenvalue weighted by atomic mass is 10.1. The maximum absolute atomic E-state index is 11.0. The highest BCUT2D eigenvalue weighted by molar-refractivity contribution is 5.94. The number of anilines is 1. The first-order chi connectivity index (χ1) is 8.90. The number of carbonyl (C=O) groups is 1. The van der Waals surface area contributed by atoms with Crippen LogP contribution >= 0.6 is 0 Å². The number of hydrogen-bond acceptors (Lipinski definition) is 6. The Hall–Kier alpha value is -2.19. The van der Waals surface area contributed by atoms with Crippen LogP contribution in [0.25, 0.3) is 0 Å². The van der Waals surface area contributed by atoms with E-state index in [2.05, 4.69) is 0 Å². The van der Waals surface area contributed by atoms with Crippen molar-refractivity contribution in [1.82, 2.24) is 0 Å². The highest BCUT2D eigenvalue weighted by Gasteiger charge is 2.33. The number of aliphatic hydroxyl groups is 2. The molecule has 1 saturated heterocycles. The molecule has 2 unspecified atom stereocenters. The van der Waals surface area contributed by atoms with E-state index in [0.717, 1.165) is 6.07 Å². The van der Waals surface area contributed by atoms with Gasteiger partial charge in [-0.3, -0.25) is 14.9 Å². The van der Waals surface area contributed by atoms with E-state index in [1.165, 1.54) is 17.0 Å². The van der Waals surface area contributed by atoms with Crippen LogP contribution in [0, 0.1) is 10.1 Å². The lowest BCUT2D eigenvalue weighted by Crippen LogP contribution is -2.22. The molecular formula is C11H13N3O5. The monoisotopic (exact) mass is 267 g/mol. The number of β-amino-alcohol motifs (C(OH)–C–C–N with tert-alkyl or cyclic N) is 2. The van der Waals surface area contributed by atoms with Crippen molar-refractivity contribution in [2.45, 2.75) is 12.2 Å². The molecule has 0 aliphatic carbocycles. The first kappa shape index (κ1) is 13.2. The lowest BCUT2D eigenvalue weighted by Gasteiger charge is -2.17. The second-order valence-electron chi connectivity index (χ2n) is 4.36. The van der Waals surface area contributed by atoms with E-state index in [-0.39, 0.29) is 30.0 Å². The van der Waals surface area contributed by atoms with E-state index in [1.54, 1.807) is 0 Å². The Labute approximate surface area is 108 Å². The SMILES string of the molecule is NC(=O)c1ccc(N2CC(O)C(O)C2)c([N+](=O)[O-])c1. The number of primary amides is 1. The summed E-state index contributed by atoms with van der Waals surface area (Å²) in [6.07, 6.45) is -1.90. The summed E-state index contributed by atoms with van der Waals surface area (Å²) >= 11 is 0. The van der Waals surface area contributed by atoms with E-state index in [1.807, 2.05) is 0 Å². The molecule has 1 fully saturated rings. The number of nitrogens with two attached hydrogens (primary N) is 1. The summed E-state index contributed by atoms with van der Waals surface area (Å²) in [5.41, 5.74) is 5.07. The predicted octanol–water partition coefficient (Wildman–Crippen LogP) is -0.765. The van der Waals surface area contributed by atoms with Crippen molar-refractivity contribution < 1.29 is 19.9 Å². The Kier molecular flexibility index (Phi) is 3.36. The van der Waals surface area contributed by atoms with Crippen LogP contribution in [0.5, 0.6) is 0 Å². The summed E-state index contributed by atoms with van der Waals surface area (Å²) in [4.78, 5) is 22.9. The fourth-order valence-corrected chi connectivity index (χ4v) is 2.06. The van der Waals surface area contributed by atoms with E-state index in [0.29, 0.717) is 0 Å². The zero-order valence-corrected chi connectivity index (χ0v) is 9.89. The smallest absolute Gasteiger partial charge is 0.293 e. The molecule has 2 atom stereocenters. The minimum atomic E-state index is -0.949. The molecule has 2 rings (SSSR count). The summed E-state index contributed by atoms with van der Waals surface area (Å²) in [5, 5.41) is 30.0. The number of benzene rings is 1. The van der Waals surface area contributed by atoms with Crippen LogP contribution in [0.1, 0.15) is 10.4 Å². The van der Waals surface area contributed by atoms with Gasteiger partial charge in [-0.25, -0.2) is 0 Å². The van der Waals surface area contributed by atoms with Crippen LogP contribution in [0.2, 0.25) is 0 Å². The third-order valence-electron chi connectivity index (χ3n) is 3.06. The quantitative estimate of drug-likeness (QED) is 0.487. The summed E-state index contributed by atoms with van der Waals surface area (Å²) in [5.74, 6) is -0.754. The van der Waals surface area contributed by atoms with Gasteiger partial charge in [0.05, 0.1) is 17.1 Å². The second kappa shape index (κ2) is 4.82. The minimum absolute atomic E-state index is 0.0377. The Morgan fingerprint density at radius 3 is 2.42 bits per heavy atom. The molecule has 1 aliphatic rings. The Bertz CT molecular complexity index is 523. The van der Waals surface area contributed by atoms with E-state index in [4.69, 9.17) is 5.73 Å². The number of amides is 1. The summed E-state index contributed by atoms with van der Waals surface area (Å²) < 4.78 is 0. The fourth-order valence-electron chi connectivity index (χ4n) is 2.06. The molecule has 1 aromatic carbocycles. The largest absolute Gasteiger partial charge is 0.389 e. The van der Waals surface area contributed by atoms with Gasteiger partial charge in [0.1, 0.15) is 5.69 Å². The van der Waals surface area contributed by atoms with Crippen molar-refractivity contribution in [3.63, 3.8) is 0 Å². The molecule has 0 spiro atoms. The Balaban J connectivity index is 2.40. The van der Waals surface area contributed by atoms with Crippen LogP contribution in [-0.4, -0.2) is 46.3 Å². The van der Waals surface area contributed by atoms with Gasteiger partial charge in [-0.1, -0.05) is 0 Å². The molecule has 0 saturated carbocycles. The molecule has 1 aliphatic heterocycles. The van der Waals surface area contributed by atoms with Crippen molar-refractivity contribution in [3.05, 3.63) is 33.9 Å². The van der Waals surface area contributed by atoms with Gasteiger partial charge in [0, 0.05) is 24.7 Å². The number of nitro benzene ring substituents is 1. The van der Waals surface area contributed by atoms with Crippen molar-refractivity contribution in [2.75, 3.05) is 18.0 Å². The van der Waals surface area contributed by atoms with E-state index < -0.39 is 23.0 Å². The normalized spacial score (nSPS) is 22.5. The van der Waals surface area contributed by atoms with Gasteiger partial charge >= 0.3 is 0 Å². The highest BCUT2D eigenvalue weighted by Crippen LogP contribution is 2.31. The molecule has 8 heteroatoms. The Morgan fingerprint density at radius 1 is 1.37 bits per heavy atom. The van der Waals surface area contributed by atoms with Gasteiger partial charge in [-0.2, -0.15) is 0 Å². The van der Waals surface area contributed by atoms with E-state index in [9.17, 15) is 25.1 Å². The maximum atomic E-state index is 11.0. The van der Waals surface area contributed by atoms with Crippen molar-refractivity contribution in [1.29, 1.82) is 0 Å². The Morgan fingerprint density at radius 2 is 1.95 bits per heavy atom. The molecule has 1 amide bonds. The molecular weight excluding hydrogens is 254 g/mol. The van der Waals surface area contributed by atoms with Gasteiger partial charge in [0.25, 0.3) is 5.69 Å². The molecule has 19 heavy (non-hydrogen) atoms. The van der Waals surface area contributed by atoms with Gasteiger partial charge in [-0.15, -0.1) is 0 Å². The van der Waals surface area contributed by atoms with Crippen molar-refractivity contribution >= 4 is 17.3 Å². The van der Waals surface area contributed by atoms with E-state index >= 15 is 0 Å². The molecule has 0 aromatic heterocycles. The minimum Gasteiger partial charge on any atom is -0.389 e. The van der Waals surface area contributed by atoms with Gasteiger partial charge in [-0.05, 0) is 12.1 Å². The number of rotatable bonds is 3. The molecule has 1 heterocycles. The van der Waals surface area contributed by atoms with Crippen LogP contribution in [0.15, 0.2) is 18.2 Å². The third kappa shape index (κ3) is 2.49. The number of nitrogens with zero attached hydrogens (tertiary/aromatic N) is 2. The summed E-state index contributed by atoms with van der Waals surface area (Å²) in [6.45, 7) is 0.190. The third-order valence-corrected chi connectivity index (χ3v) is 3.06. The van der Waals surface area contributed by atoms with Crippen molar-refractivity contribution in [3.8, 4) is 0 Å². The lowest BCUT2D eigenvalue weighted by molar-refractivity contribution is -0.384. The van der Waals surface area contributed by atoms with Crippen LogP contribution in [0.3, 0.4) is 0 Å². The first-order valence-corrected chi connectivity index (χ1v) is 5.59. The molecule has 0 radical (unpaired) electrons. The molecule has 102 valence electrons. The molecule has 8 nitrogen and oxygen atoms in total. The number of aliphatic hydroxyl groups excluding tert-OH is 2. The molecule has 0 bridgehead atoms. The zero-order valence-electron chi connectivity index (χ0n) is 9.89. The number of nitro groups is 1. The van der Waals surface area contributed by atoms with Crippen LogP contribution in [0.4, 0.5) is 11.4 Å². The molecule has 4 N–H and O–H groups in total. The van der Waals surface area contributed by atoms with Crippen LogP contribution < -0.4 is 10.6 Å². The van der Waals surface area contributed by atoms with Crippen molar-refractivity contribution in [2.24, 2.45) is 5.73 Å². The number of hydrogen-bond donors (Lipinski definition) is 3. The molecule has 1 aromatic rings. The fraction of sp³-hybridized carbons (Fsp3) is 0.364. The second-order valence-corrected chi connectivity index (χ2v) is 4.36. The van der Waals surface area contributed by atoms with Gasteiger partial charge in [0.15, 0.2) is 0 Å². The topological polar surface area (TPSA) is 130 Å². The van der Waals surface area contributed by atoms with Crippen LogP contribution in [-0.2, 0) is 0 Å². The average molecular weight is 267 g/mol. The first-order valence-electron chi connectivity index (χ1n) is 5.59. The predicted molar refractivity (Wildman–Crippen MR) is 65.8 cm³/mol. The number of carbonyl (C=O) groups excluding carboxylic acids is 1. The standard InChI is InChI=1S/C11H13N3O5/c12-11(17)6-1-2-7(8(3-6)14(18)19)13-4-9(15)10(16)5-13/h1-3,9-10,15-16H,4-5H2,(H2,12,17).